The van der Waals surface area contributed by atoms with Gasteiger partial charge in [-0.2, -0.15) is 18.2 Å². The van der Waals surface area contributed by atoms with Crippen molar-refractivity contribution in [1.29, 1.82) is 0 Å². The van der Waals surface area contributed by atoms with Crippen molar-refractivity contribution in [3.8, 4) is 0 Å². The van der Waals surface area contributed by atoms with Gasteiger partial charge in [0.25, 0.3) is 5.56 Å². The summed E-state index contributed by atoms with van der Waals surface area (Å²) in [5.41, 5.74) is -2.51. The van der Waals surface area contributed by atoms with Gasteiger partial charge in [-0.3, -0.25) is 24.6 Å². The van der Waals surface area contributed by atoms with E-state index in [9.17, 15) is 32.9 Å². The van der Waals surface area contributed by atoms with Crippen molar-refractivity contribution in [2.24, 2.45) is 0 Å². The molecule has 0 saturated heterocycles. The molecule has 3 aromatic rings. The lowest BCUT2D eigenvalue weighted by Crippen LogP contribution is -2.43. The van der Waals surface area contributed by atoms with E-state index in [0.29, 0.717) is 11.3 Å². The van der Waals surface area contributed by atoms with E-state index in [4.69, 9.17) is 0 Å². The normalized spacial score (nSPS) is 16.4. The third-order valence-electron chi connectivity index (χ3n) is 4.12. The maximum Gasteiger partial charge on any atom is 0.416 e. The summed E-state index contributed by atoms with van der Waals surface area (Å²) in [5.74, 6) is -0.162. The number of rotatable bonds is 2. The molecule has 0 spiro atoms. The number of amides is 2. The number of nitrogens with one attached hydrogen (secondary N) is 2. The molecule has 9 nitrogen and oxygen atoms in total. The molecular formula is C15H8F3N5O4S. The van der Waals surface area contributed by atoms with Crippen LogP contribution in [0.1, 0.15) is 22.7 Å². The van der Waals surface area contributed by atoms with Crippen molar-refractivity contribution >= 4 is 33.1 Å². The molecule has 0 radical (unpaired) electrons. The van der Waals surface area contributed by atoms with Crippen LogP contribution in [0.2, 0.25) is 0 Å². The van der Waals surface area contributed by atoms with Crippen LogP contribution in [0.15, 0.2) is 35.3 Å². The standard InChI is InChI=1S/C15H8F3N5O4S/c16-15(17,18)7-4-2-1-3-6(7)10-9-11(20-13(25)19-10)22-5-8(23(26)27)28-14(22)21-12(9)24/h1-5,10H,(H2,19,20,25). The van der Waals surface area contributed by atoms with E-state index in [-0.39, 0.29) is 26.9 Å². The number of aromatic nitrogens is 2. The smallest absolute Gasteiger partial charge is 0.327 e. The molecule has 1 unspecified atom stereocenters. The van der Waals surface area contributed by atoms with Gasteiger partial charge in [-0.1, -0.05) is 18.2 Å². The van der Waals surface area contributed by atoms with Crippen molar-refractivity contribution in [2.75, 3.05) is 5.32 Å². The number of urea groups is 1. The Kier molecular flexibility index (Phi) is 3.85. The van der Waals surface area contributed by atoms with Crippen LogP contribution < -0.4 is 16.2 Å². The van der Waals surface area contributed by atoms with Gasteiger partial charge in [-0.25, -0.2) is 4.79 Å². The lowest BCUT2D eigenvalue weighted by molar-refractivity contribution is -0.380. The molecule has 0 saturated carbocycles. The Morgan fingerprint density at radius 2 is 1.96 bits per heavy atom. The van der Waals surface area contributed by atoms with Crippen LogP contribution in [0.4, 0.5) is 28.8 Å². The Morgan fingerprint density at radius 3 is 2.64 bits per heavy atom. The summed E-state index contributed by atoms with van der Waals surface area (Å²) >= 11 is 0.599. The third-order valence-corrected chi connectivity index (χ3v) is 5.05. The summed E-state index contributed by atoms with van der Waals surface area (Å²) in [6, 6.07) is 2.22. The average molecular weight is 411 g/mol. The molecule has 2 N–H and O–H groups in total. The number of hydrogen-bond acceptors (Lipinski definition) is 6. The van der Waals surface area contributed by atoms with Gasteiger partial charge in [0, 0.05) is 0 Å². The number of thiazole rings is 1. The number of carbonyl (C=O) groups excluding carboxylic acids is 1. The fourth-order valence-electron chi connectivity index (χ4n) is 3.01. The molecule has 2 amide bonds. The maximum absolute atomic E-state index is 13.4. The molecule has 1 aliphatic heterocycles. The number of benzene rings is 1. The van der Waals surface area contributed by atoms with Gasteiger partial charge < -0.3 is 5.32 Å². The van der Waals surface area contributed by atoms with E-state index in [2.05, 4.69) is 15.6 Å². The zero-order valence-corrected chi connectivity index (χ0v) is 14.3. The topological polar surface area (TPSA) is 119 Å². The van der Waals surface area contributed by atoms with Gasteiger partial charge in [0.15, 0.2) is 0 Å². The Labute approximate surface area is 156 Å². The quantitative estimate of drug-likeness (QED) is 0.497. The van der Waals surface area contributed by atoms with Gasteiger partial charge in [0.1, 0.15) is 12.0 Å². The van der Waals surface area contributed by atoms with E-state index in [1.54, 1.807) is 0 Å². The van der Waals surface area contributed by atoms with Gasteiger partial charge in [-0.05, 0) is 23.0 Å². The monoisotopic (exact) mass is 411 g/mol. The highest BCUT2D eigenvalue weighted by molar-refractivity contribution is 7.20. The Bertz CT molecular complexity index is 1200. The van der Waals surface area contributed by atoms with Crippen molar-refractivity contribution < 1.29 is 22.9 Å². The minimum absolute atomic E-state index is 0.0690. The van der Waals surface area contributed by atoms with Gasteiger partial charge >= 0.3 is 17.2 Å². The molecule has 144 valence electrons. The second-order valence-electron chi connectivity index (χ2n) is 5.77. The van der Waals surface area contributed by atoms with Crippen LogP contribution in [-0.2, 0) is 6.18 Å². The predicted octanol–water partition coefficient (Wildman–Crippen LogP) is 2.91. The van der Waals surface area contributed by atoms with Crippen LogP contribution in [0.3, 0.4) is 0 Å². The molecule has 1 aliphatic rings. The van der Waals surface area contributed by atoms with Crippen LogP contribution in [0.25, 0.3) is 4.96 Å². The van der Waals surface area contributed by atoms with Crippen molar-refractivity contribution in [3.05, 3.63) is 67.6 Å². The fraction of sp³-hybridized carbons (Fsp3) is 0.133. The van der Waals surface area contributed by atoms with Crippen LogP contribution in [0, 0.1) is 10.1 Å². The molecule has 0 bridgehead atoms. The van der Waals surface area contributed by atoms with E-state index >= 15 is 0 Å². The van der Waals surface area contributed by atoms with Crippen LogP contribution in [-0.4, -0.2) is 20.3 Å². The lowest BCUT2D eigenvalue weighted by atomic mass is 9.94. The summed E-state index contributed by atoms with van der Waals surface area (Å²) in [6.45, 7) is 0. The van der Waals surface area contributed by atoms with E-state index in [0.717, 1.165) is 22.7 Å². The minimum Gasteiger partial charge on any atom is -0.327 e. The Hall–Kier alpha value is -3.48. The number of nitrogens with zero attached hydrogens (tertiary/aromatic N) is 3. The predicted molar refractivity (Wildman–Crippen MR) is 91.4 cm³/mol. The van der Waals surface area contributed by atoms with Crippen molar-refractivity contribution in [1.82, 2.24) is 14.7 Å². The molecule has 2 aromatic heterocycles. The highest BCUT2D eigenvalue weighted by atomic mass is 32.1. The number of hydrogen-bond donors (Lipinski definition) is 2. The second kappa shape index (κ2) is 6.02. The first-order valence-corrected chi connectivity index (χ1v) is 8.42. The molecule has 1 atom stereocenters. The zero-order chi connectivity index (χ0) is 20.2. The molecule has 13 heteroatoms. The summed E-state index contributed by atoms with van der Waals surface area (Å²) in [4.78, 5) is 38.6. The van der Waals surface area contributed by atoms with Crippen molar-refractivity contribution in [2.45, 2.75) is 12.2 Å². The Morgan fingerprint density at radius 1 is 1.25 bits per heavy atom. The number of carbonyl (C=O) groups is 1. The molecule has 28 heavy (non-hydrogen) atoms. The highest BCUT2D eigenvalue weighted by Gasteiger charge is 2.39. The SMILES string of the molecule is O=C1Nc2c(c(=O)nc3sc([N+](=O)[O-])cn23)C(c2ccccc2C(F)(F)F)N1. The third kappa shape index (κ3) is 2.76. The summed E-state index contributed by atoms with van der Waals surface area (Å²) in [7, 11) is 0. The molecule has 0 fully saturated rings. The summed E-state index contributed by atoms with van der Waals surface area (Å²) in [6.07, 6.45) is -3.68. The molecule has 0 aliphatic carbocycles. The van der Waals surface area contributed by atoms with E-state index in [1.807, 2.05) is 0 Å². The minimum atomic E-state index is -4.72. The van der Waals surface area contributed by atoms with Crippen molar-refractivity contribution in [3.63, 3.8) is 0 Å². The van der Waals surface area contributed by atoms with Gasteiger partial charge in [0.2, 0.25) is 4.96 Å². The van der Waals surface area contributed by atoms with Gasteiger partial charge in [0.05, 0.1) is 22.1 Å². The number of fused-ring (bicyclic) bond motifs is 3. The lowest BCUT2D eigenvalue weighted by Gasteiger charge is -2.28. The zero-order valence-electron chi connectivity index (χ0n) is 13.5. The first kappa shape index (κ1) is 17.9. The molecule has 1 aromatic carbocycles. The van der Waals surface area contributed by atoms with Gasteiger partial charge in [-0.15, -0.1) is 0 Å². The number of halogens is 3. The Balaban J connectivity index is 2.01. The summed E-state index contributed by atoms with van der Waals surface area (Å²) < 4.78 is 41.4. The molecular weight excluding hydrogens is 403 g/mol. The number of alkyl halides is 3. The largest absolute Gasteiger partial charge is 0.416 e. The molecule has 3 heterocycles. The number of nitro groups is 1. The fourth-order valence-corrected chi connectivity index (χ4v) is 3.80. The number of anilines is 1. The first-order valence-electron chi connectivity index (χ1n) is 7.61. The second-order valence-corrected chi connectivity index (χ2v) is 6.76. The van der Waals surface area contributed by atoms with Crippen LogP contribution in [0.5, 0.6) is 0 Å². The maximum atomic E-state index is 13.4. The van der Waals surface area contributed by atoms with E-state index < -0.39 is 34.3 Å². The summed E-state index contributed by atoms with van der Waals surface area (Å²) in [5, 5.41) is 15.3. The van der Waals surface area contributed by atoms with E-state index in [1.165, 1.54) is 12.1 Å². The first-order chi connectivity index (χ1) is 13.2. The highest BCUT2D eigenvalue weighted by Crippen LogP contribution is 2.39. The molecule has 4 rings (SSSR count). The van der Waals surface area contributed by atoms with Crippen LogP contribution >= 0.6 is 11.3 Å². The average Bonchev–Trinajstić information content (AvgIpc) is 3.05.